The molecule has 2 aromatic heterocycles. The highest BCUT2D eigenvalue weighted by Crippen LogP contribution is 2.24. The van der Waals surface area contributed by atoms with Crippen molar-refractivity contribution in [1.82, 2.24) is 20.1 Å². The largest absolute Gasteiger partial charge is 0.348 e. The molecule has 1 saturated carbocycles. The molecule has 1 aromatic carbocycles. The third-order valence-electron chi connectivity index (χ3n) is 4.68. The minimum Gasteiger partial charge on any atom is -0.348 e. The van der Waals surface area contributed by atoms with E-state index < -0.39 is 0 Å². The lowest BCUT2D eigenvalue weighted by Gasteiger charge is -2.10. The summed E-state index contributed by atoms with van der Waals surface area (Å²) >= 11 is 0. The molecule has 6 heteroatoms. The maximum atomic E-state index is 13.3. The Morgan fingerprint density at radius 2 is 1.77 bits per heavy atom. The summed E-state index contributed by atoms with van der Waals surface area (Å²) < 4.78 is 14.9. The molecule has 1 fully saturated rings. The number of nitrogens with one attached hydrogen (secondary N) is 1. The van der Waals surface area contributed by atoms with Crippen molar-refractivity contribution in [1.29, 1.82) is 0 Å². The zero-order valence-corrected chi connectivity index (χ0v) is 14.2. The number of carbonyl (C=O) groups excluding carboxylic acids is 1. The van der Waals surface area contributed by atoms with Gasteiger partial charge in [0.25, 0.3) is 5.91 Å². The molecule has 0 bridgehead atoms. The molecule has 0 aliphatic heterocycles. The lowest BCUT2D eigenvalue weighted by molar-refractivity contribution is 0.0932. The van der Waals surface area contributed by atoms with Crippen LogP contribution < -0.4 is 5.32 Å². The van der Waals surface area contributed by atoms with Gasteiger partial charge in [0.1, 0.15) is 5.82 Å². The molecule has 1 aliphatic rings. The van der Waals surface area contributed by atoms with E-state index in [2.05, 4.69) is 15.4 Å². The van der Waals surface area contributed by atoms with Gasteiger partial charge in [0, 0.05) is 24.0 Å². The molecule has 132 valence electrons. The Kier molecular flexibility index (Phi) is 4.48. The fourth-order valence-electron chi connectivity index (χ4n) is 3.33. The molecular weight excluding hydrogens is 331 g/mol. The molecule has 4 rings (SSSR count). The fraction of sp³-hybridized carbons (Fsp3) is 0.250. The quantitative estimate of drug-likeness (QED) is 0.780. The van der Waals surface area contributed by atoms with Crippen LogP contribution >= 0.6 is 0 Å². The highest BCUT2D eigenvalue weighted by Gasteiger charge is 2.21. The molecule has 3 aromatic rings. The van der Waals surface area contributed by atoms with Crippen molar-refractivity contribution in [2.45, 2.75) is 31.7 Å². The Bertz CT molecular complexity index is 899. The van der Waals surface area contributed by atoms with Gasteiger partial charge < -0.3 is 5.32 Å². The second-order valence-corrected chi connectivity index (χ2v) is 6.49. The van der Waals surface area contributed by atoms with E-state index >= 15 is 0 Å². The SMILES string of the molecule is O=C(NC1CCCC1)c1cc(-c2ccncc2)n(-c2ccc(F)cc2)n1. The van der Waals surface area contributed by atoms with Crippen LogP contribution in [0.5, 0.6) is 0 Å². The first-order valence-electron chi connectivity index (χ1n) is 8.78. The summed E-state index contributed by atoms with van der Waals surface area (Å²) in [4.78, 5) is 16.7. The Balaban J connectivity index is 1.72. The Hall–Kier alpha value is -3.02. The second kappa shape index (κ2) is 7.07. The van der Waals surface area contributed by atoms with E-state index in [0.717, 1.165) is 36.9 Å². The number of hydrogen-bond donors (Lipinski definition) is 1. The van der Waals surface area contributed by atoms with Gasteiger partial charge >= 0.3 is 0 Å². The number of pyridine rings is 1. The van der Waals surface area contributed by atoms with Crippen molar-refractivity contribution in [2.75, 3.05) is 0 Å². The highest BCUT2D eigenvalue weighted by atomic mass is 19.1. The summed E-state index contributed by atoms with van der Waals surface area (Å²) in [5.41, 5.74) is 2.69. The number of benzene rings is 1. The summed E-state index contributed by atoms with van der Waals surface area (Å²) in [5, 5.41) is 7.55. The maximum Gasteiger partial charge on any atom is 0.272 e. The fourth-order valence-corrected chi connectivity index (χ4v) is 3.33. The third kappa shape index (κ3) is 3.35. The molecule has 0 radical (unpaired) electrons. The average Bonchev–Trinajstić information content (AvgIpc) is 3.33. The van der Waals surface area contributed by atoms with Crippen LogP contribution in [0.1, 0.15) is 36.2 Å². The summed E-state index contributed by atoms with van der Waals surface area (Å²) in [6.45, 7) is 0. The standard InChI is InChI=1S/C20H19FN4O/c21-15-5-7-17(8-6-15)25-19(14-9-11-22-12-10-14)13-18(24-25)20(26)23-16-3-1-2-4-16/h5-13,16H,1-4H2,(H,23,26). The third-order valence-corrected chi connectivity index (χ3v) is 4.68. The average molecular weight is 350 g/mol. The number of nitrogens with zero attached hydrogens (tertiary/aromatic N) is 3. The molecule has 2 heterocycles. The predicted octanol–water partition coefficient (Wildman–Crippen LogP) is 3.75. The topological polar surface area (TPSA) is 59.8 Å². The molecule has 1 amide bonds. The molecule has 0 unspecified atom stereocenters. The van der Waals surface area contributed by atoms with E-state index in [9.17, 15) is 9.18 Å². The zero-order chi connectivity index (χ0) is 17.9. The first kappa shape index (κ1) is 16.4. The van der Waals surface area contributed by atoms with Gasteiger partial charge in [0.15, 0.2) is 5.69 Å². The van der Waals surface area contributed by atoms with Crippen molar-refractivity contribution in [3.8, 4) is 16.9 Å². The molecule has 1 aliphatic carbocycles. The van der Waals surface area contributed by atoms with Gasteiger partial charge in [0.05, 0.1) is 11.4 Å². The van der Waals surface area contributed by atoms with Crippen LogP contribution in [0.3, 0.4) is 0 Å². The summed E-state index contributed by atoms with van der Waals surface area (Å²) in [5.74, 6) is -0.487. The second-order valence-electron chi connectivity index (χ2n) is 6.49. The molecule has 1 N–H and O–H groups in total. The van der Waals surface area contributed by atoms with Crippen molar-refractivity contribution < 1.29 is 9.18 Å². The van der Waals surface area contributed by atoms with Crippen LogP contribution in [0, 0.1) is 5.82 Å². The Morgan fingerprint density at radius 1 is 1.08 bits per heavy atom. The van der Waals surface area contributed by atoms with E-state index in [1.54, 1.807) is 35.3 Å². The number of carbonyl (C=O) groups is 1. The number of amides is 1. The monoisotopic (exact) mass is 350 g/mol. The van der Waals surface area contributed by atoms with Gasteiger partial charge in [-0.05, 0) is 55.3 Å². The van der Waals surface area contributed by atoms with Gasteiger partial charge in [0.2, 0.25) is 0 Å². The lowest BCUT2D eigenvalue weighted by atomic mass is 10.1. The van der Waals surface area contributed by atoms with E-state index in [-0.39, 0.29) is 17.8 Å². The van der Waals surface area contributed by atoms with Gasteiger partial charge in [-0.15, -0.1) is 0 Å². The number of halogens is 1. The van der Waals surface area contributed by atoms with Crippen LogP contribution in [-0.2, 0) is 0 Å². The van der Waals surface area contributed by atoms with Gasteiger partial charge in [-0.2, -0.15) is 5.10 Å². The minimum absolute atomic E-state index is 0.173. The summed E-state index contributed by atoms with van der Waals surface area (Å²) in [6, 6.07) is 11.8. The van der Waals surface area contributed by atoms with E-state index in [0.29, 0.717) is 11.4 Å². The Labute approximate surface area is 150 Å². The Morgan fingerprint density at radius 3 is 2.46 bits per heavy atom. The zero-order valence-electron chi connectivity index (χ0n) is 14.2. The molecule has 0 saturated heterocycles. The van der Waals surface area contributed by atoms with Crippen molar-refractivity contribution in [2.24, 2.45) is 0 Å². The molecule has 26 heavy (non-hydrogen) atoms. The molecule has 5 nitrogen and oxygen atoms in total. The molecule has 0 atom stereocenters. The summed E-state index contributed by atoms with van der Waals surface area (Å²) in [6.07, 6.45) is 7.71. The first-order chi connectivity index (χ1) is 12.7. The van der Waals surface area contributed by atoms with Crippen LogP contribution in [0.25, 0.3) is 16.9 Å². The highest BCUT2D eigenvalue weighted by molar-refractivity contribution is 5.93. The molecule has 0 spiro atoms. The van der Waals surface area contributed by atoms with E-state index in [1.807, 2.05) is 12.1 Å². The maximum absolute atomic E-state index is 13.3. The minimum atomic E-state index is -0.314. The van der Waals surface area contributed by atoms with Crippen LogP contribution in [0.2, 0.25) is 0 Å². The van der Waals surface area contributed by atoms with Crippen LogP contribution in [0.4, 0.5) is 4.39 Å². The number of rotatable bonds is 4. The number of aromatic nitrogens is 3. The first-order valence-corrected chi connectivity index (χ1v) is 8.78. The van der Waals surface area contributed by atoms with Crippen molar-refractivity contribution in [3.63, 3.8) is 0 Å². The summed E-state index contributed by atoms with van der Waals surface area (Å²) in [7, 11) is 0. The van der Waals surface area contributed by atoms with Crippen molar-refractivity contribution >= 4 is 5.91 Å². The molecular formula is C20H19FN4O. The van der Waals surface area contributed by atoms with E-state index in [1.165, 1.54) is 12.1 Å². The van der Waals surface area contributed by atoms with Gasteiger partial charge in [-0.25, -0.2) is 9.07 Å². The number of hydrogen-bond acceptors (Lipinski definition) is 3. The van der Waals surface area contributed by atoms with Gasteiger partial charge in [-0.1, -0.05) is 12.8 Å². The smallest absolute Gasteiger partial charge is 0.272 e. The van der Waals surface area contributed by atoms with Crippen molar-refractivity contribution in [3.05, 3.63) is 66.4 Å². The normalized spacial score (nSPS) is 14.5. The van der Waals surface area contributed by atoms with Crippen LogP contribution in [0.15, 0.2) is 54.9 Å². The van der Waals surface area contributed by atoms with E-state index in [4.69, 9.17) is 0 Å². The predicted molar refractivity (Wildman–Crippen MR) is 96.5 cm³/mol. The van der Waals surface area contributed by atoms with Gasteiger partial charge in [-0.3, -0.25) is 9.78 Å². The lowest BCUT2D eigenvalue weighted by Crippen LogP contribution is -2.32. The van der Waals surface area contributed by atoms with Crippen LogP contribution in [-0.4, -0.2) is 26.7 Å².